The van der Waals surface area contributed by atoms with Gasteiger partial charge in [0.1, 0.15) is 0 Å². The average molecular weight is 232 g/mol. The molecule has 0 fully saturated rings. The summed E-state index contributed by atoms with van der Waals surface area (Å²) in [5.41, 5.74) is 4.15. The molecule has 10 heteroatoms. The fourth-order valence-electron chi connectivity index (χ4n) is 0.0747. The molecule has 0 radical (unpaired) electrons. The van der Waals surface area contributed by atoms with Gasteiger partial charge >= 0.3 is 16.5 Å². The lowest BCUT2D eigenvalue weighted by molar-refractivity contribution is 0.371. The summed E-state index contributed by atoms with van der Waals surface area (Å²) in [5, 5.41) is 14.4. The van der Waals surface area contributed by atoms with Gasteiger partial charge in [-0.1, -0.05) is 6.58 Å². The Hall–Kier alpha value is -0.830. The van der Waals surface area contributed by atoms with Crippen LogP contribution in [0.1, 0.15) is 0 Å². The van der Waals surface area contributed by atoms with Gasteiger partial charge in [0.2, 0.25) is 0 Å². The molecule has 2 unspecified atom stereocenters. The summed E-state index contributed by atoms with van der Waals surface area (Å²) >= 11 is 0. The van der Waals surface area contributed by atoms with Gasteiger partial charge in [-0.2, -0.15) is 5.26 Å². The molecule has 0 aromatic carbocycles. The minimum atomic E-state index is -3.20. The Kier molecular flexibility index (Phi) is 24.0. The van der Waals surface area contributed by atoms with E-state index < -0.39 is 16.5 Å². The van der Waals surface area contributed by atoms with Crippen molar-refractivity contribution in [3.63, 3.8) is 0 Å². The lowest BCUT2D eigenvalue weighted by Crippen LogP contribution is -1.69. The summed E-state index contributed by atoms with van der Waals surface area (Å²) in [5.74, 6) is 0. The number of nitrogens with two attached hydrogens (primary N) is 1. The second kappa shape index (κ2) is 17.3. The minimum absolute atomic E-state index is 0.750. The molecule has 0 bridgehead atoms. The van der Waals surface area contributed by atoms with E-state index in [0.717, 1.165) is 6.26 Å². The molecule has 2 atom stereocenters. The maximum absolute atomic E-state index is 9.44. The Labute approximate surface area is 75.8 Å². The van der Waals surface area contributed by atoms with Gasteiger partial charge in [-0.05, 0) is 0 Å². The summed E-state index contributed by atoms with van der Waals surface area (Å²) in [6.45, 7) is 2.92. The summed E-state index contributed by atoms with van der Waals surface area (Å²) in [6, 6.07) is 0. The van der Waals surface area contributed by atoms with Crippen molar-refractivity contribution in [1.82, 2.24) is 0 Å². The molecule has 78 valence electrons. The molecule has 0 rings (SSSR count). The second-order valence-electron chi connectivity index (χ2n) is 0.946. The third kappa shape index (κ3) is 93.5. The Morgan fingerprint density at radius 2 is 1.62 bits per heavy atom. The molecule has 0 amide bonds. The summed E-state index contributed by atoms with van der Waals surface area (Å²) in [4.78, 5) is 15.4. The van der Waals surface area contributed by atoms with Crippen LogP contribution < -0.4 is 5.73 Å². The maximum atomic E-state index is 9.44. The third-order valence-electron chi connectivity index (χ3n) is 0.175. The predicted octanol–water partition coefficient (Wildman–Crippen LogP) is -0.119. The molecule has 5 N–H and O–H groups in total. The van der Waals surface area contributed by atoms with Crippen LogP contribution in [0.25, 0.3) is 0 Å². The van der Waals surface area contributed by atoms with Crippen molar-refractivity contribution >= 4 is 16.5 Å². The molecular weight excluding hydrogens is 222 g/mol. The molecular formula is C3H10N2O6P2. The SMILES string of the molecule is C=CO.N#CN.O=[PH](O)O[PH](=O)O. The zero-order valence-electron chi connectivity index (χ0n) is 6.38. The van der Waals surface area contributed by atoms with Crippen molar-refractivity contribution in [2.24, 2.45) is 5.73 Å². The third-order valence-corrected chi connectivity index (χ3v) is 1.57. The first-order chi connectivity index (χ1) is 5.95. The quantitative estimate of drug-likeness (QED) is 0.222. The van der Waals surface area contributed by atoms with E-state index in [0.29, 0.717) is 0 Å². The van der Waals surface area contributed by atoms with Crippen LogP contribution in [-0.4, -0.2) is 14.9 Å². The number of nitrogens with zero attached hydrogens (tertiary/aromatic N) is 1. The van der Waals surface area contributed by atoms with Gasteiger partial charge in [0.15, 0.2) is 6.19 Å². The van der Waals surface area contributed by atoms with E-state index in [2.05, 4.69) is 16.6 Å². The minimum Gasteiger partial charge on any atom is -0.516 e. The lowest BCUT2D eigenvalue weighted by Gasteiger charge is -1.86. The van der Waals surface area contributed by atoms with E-state index in [9.17, 15) is 9.13 Å². The van der Waals surface area contributed by atoms with E-state index in [1.54, 1.807) is 0 Å². The first kappa shape index (κ1) is 18.1. The fourth-order valence-corrected chi connectivity index (χ4v) is 0.672. The normalized spacial score (nSPS) is 11.5. The van der Waals surface area contributed by atoms with E-state index in [1.165, 1.54) is 6.19 Å². The zero-order valence-corrected chi connectivity index (χ0v) is 8.38. The predicted molar refractivity (Wildman–Crippen MR) is 46.2 cm³/mol. The fraction of sp³-hybridized carbons (Fsp3) is 0. The van der Waals surface area contributed by atoms with Crippen molar-refractivity contribution in [3.8, 4) is 6.19 Å². The Morgan fingerprint density at radius 3 is 1.62 bits per heavy atom. The molecule has 0 aromatic heterocycles. The van der Waals surface area contributed by atoms with Gasteiger partial charge in [-0.15, -0.1) is 0 Å². The molecule has 0 aliphatic heterocycles. The monoisotopic (exact) mass is 232 g/mol. The van der Waals surface area contributed by atoms with E-state index in [4.69, 9.17) is 20.2 Å². The Morgan fingerprint density at radius 1 is 1.46 bits per heavy atom. The lowest BCUT2D eigenvalue weighted by atomic mass is 11.2. The average Bonchev–Trinajstić information content (AvgIpc) is 1.86. The molecule has 0 saturated heterocycles. The van der Waals surface area contributed by atoms with E-state index in [-0.39, 0.29) is 0 Å². The van der Waals surface area contributed by atoms with Gasteiger partial charge in [0, 0.05) is 0 Å². The Bertz CT molecular complexity index is 189. The molecule has 0 aliphatic rings. The first-order valence-electron chi connectivity index (χ1n) is 2.44. The standard InChI is InChI=1S/C2H4O.CH2N2.H4O5P2/c1-2-3;2-1-3;1-6(2)5-7(3)4/h2-3H,1H2;2H2;6-7H,(H,1,2)(H,3,4). The maximum Gasteiger partial charge on any atom is 0.323 e. The van der Waals surface area contributed by atoms with Gasteiger partial charge in [-0.25, -0.2) is 4.31 Å². The molecule has 0 spiro atoms. The van der Waals surface area contributed by atoms with Crippen molar-refractivity contribution in [1.29, 1.82) is 5.26 Å². The van der Waals surface area contributed by atoms with Crippen LogP contribution in [0.3, 0.4) is 0 Å². The van der Waals surface area contributed by atoms with Gasteiger partial charge < -0.3 is 20.6 Å². The zero-order chi connectivity index (χ0) is 11.3. The smallest absolute Gasteiger partial charge is 0.323 e. The highest BCUT2D eigenvalue weighted by Gasteiger charge is 1.93. The van der Waals surface area contributed by atoms with Crippen molar-refractivity contribution in [2.75, 3.05) is 0 Å². The van der Waals surface area contributed by atoms with Crippen molar-refractivity contribution in [3.05, 3.63) is 12.8 Å². The molecule has 0 aliphatic carbocycles. The molecule has 0 saturated carbocycles. The van der Waals surface area contributed by atoms with E-state index in [1.807, 2.05) is 0 Å². The highest BCUT2D eigenvalue weighted by molar-refractivity contribution is 7.46. The first-order valence-corrected chi connectivity index (χ1v) is 4.97. The Balaban J connectivity index is -0.000000140. The van der Waals surface area contributed by atoms with Gasteiger partial charge in [0.05, 0.1) is 6.26 Å². The van der Waals surface area contributed by atoms with E-state index >= 15 is 0 Å². The number of aliphatic hydroxyl groups excluding tert-OH is 1. The van der Waals surface area contributed by atoms with Gasteiger partial charge in [-0.3, -0.25) is 9.13 Å². The molecule has 0 aromatic rings. The largest absolute Gasteiger partial charge is 0.516 e. The van der Waals surface area contributed by atoms with Crippen LogP contribution >= 0.6 is 16.5 Å². The van der Waals surface area contributed by atoms with Gasteiger partial charge in [0.25, 0.3) is 0 Å². The number of aliphatic hydroxyl groups is 1. The molecule has 13 heavy (non-hydrogen) atoms. The van der Waals surface area contributed by atoms with Crippen molar-refractivity contribution in [2.45, 2.75) is 0 Å². The van der Waals surface area contributed by atoms with Crippen LogP contribution in [0.4, 0.5) is 0 Å². The van der Waals surface area contributed by atoms with Crippen LogP contribution in [0, 0.1) is 11.5 Å². The highest BCUT2D eigenvalue weighted by atomic mass is 31.2. The summed E-state index contributed by atoms with van der Waals surface area (Å²) in [7, 11) is -6.40. The number of hydrogen-bond donors (Lipinski definition) is 4. The van der Waals surface area contributed by atoms with Crippen LogP contribution in [0.5, 0.6) is 0 Å². The second-order valence-corrected chi connectivity index (χ2v) is 2.83. The molecule has 8 nitrogen and oxygen atoms in total. The summed E-state index contributed by atoms with van der Waals surface area (Å²) in [6.07, 6.45) is 2.00. The topological polar surface area (TPSA) is 154 Å². The molecule has 0 heterocycles. The summed E-state index contributed by atoms with van der Waals surface area (Å²) < 4.78 is 22.3. The number of hydrogen-bond acceptors (Lipinski definition) is 6. The van der Waals surface area contributed by atoms with Crippen molar-refractivity contribution < 1.29 is 28.3 Å². The highest BCUT2D eigenvalue weighted by Crippen LogP contribution is 2.30. The van der Waals surface area contributed by atoms with Crippen LogP contribution in [0.2, 0.25) is 0 Å². The number of rotatable bonds is 2. The van der Waals surface area contributed by atoms with Crippen LogP contribution in [0.15, 0.2) is 12.8 Å². The van der Waals surface area contributed by atoms with Crippen LogP contribution in [-0.2, 0) is 13.4 Å². The number of nitriles is 1.